The Hall–Kier alpha value is -1.55. The maximum atomic E-state index is 11.1. The van der Waals surface area contributed by atoms with Gasteiger partial charge in [0.2, 0.25) is 0 Å². The van der Waals surface area contributed by atoms with Gasteiger partial charge in [-0.2, -0.15) is 0 Å². The normalized spacial score (nSPS) is 9.57. The summed E-state index contributed by atoms with van der Waals surface area (Å²) < 4.78 is 0. The molecule has 0 saturated carbocycles. The van der Waals surface area contributed by atoms with E-state index in [1.54, 1.807) is 24.3 Å². The average Bonchev–Trinajstić information content (AvgIpc) is 2.16. The fourth-order valence-electron chi connectivity index (χ4n) is 0.947. The minimum atomic E-state index is -0.984. The van der Waals surface area contributed by atoms with E-state index >= 15 is 0 Å². The Morgan fingerprint density at radius 2 is 1.79 bits per heavy atom. The zero-order chi connectivity index (χ0) is 10.7. The lowest BCUT2D eigenvalue weighted by Crippen LogP contribution is -2.37. The van der Waals surface area contributed by atoms with Gasteiger partial charge in [0.25, 0.3) is 0 Å². The van der Waals surface area contributed by atoms with E-state index in [0.29, 0.717) is 10.7 Å². The number of carbonyl (C=O) groups is 2. The van der Waals surface area contributed by atoms with Crippen molar-refractivity contribution < 1.29 is 9.59 Å². The van der Waals surface area contributed by atoms with Gasteiger partial charge < -0.3 is 10.6 Å². The number of benzene rings is 1. The number of halogens is 1. The molecule has 2 amide bonds. The molecule has 0 aliphatic rings. The lowest BCUT2D eigenvalue weighted by Gasteiger charge is -2.14. The van der Waals surface area contributed by atoms with Gasteiger partial charge in [0, 0.05) is 17.8 Å². The summed E-state index contributed by atoms with van der Waals surface area (Å²) in [4.78, 5) is 22.9. The zero-order valence-corrected chi connectivity index (χ0v) is 8.28. The number of hydrogen-bond acceptors (Lipinski definition) is 2. The second-order valence-corrected chi connectivity index (χ2v) is 3.14. The van der Waals surface area contributed by atoms with E-state index in [9.17, 15) is 9.59 Å². The van der Waals surface area contributed by atoms with Crippen molar-refractivity contribution in [1.29, 1.82) is 0 Å². The molecule has 0 saturated heterocycles. The standard InChI is InChI=1S/C9H9ClN2O2/c1-12(9(14)8(11)13)7-4-2-6(10)3-5-7/h2-5H,1H3,(H2,11,13). The number of likely N-dealkylation sites (N-methyl/N-ethyl adjacent to an activating group) is 1. The van der Waals surface area contributed by atoms with Gasteiger partial charge in [0.15, 0.2) is 0 Å². The van der Waals surface area contributed by atoms with E-state index in [1.807, 2.05) is 0 Å². The second-order valence-electron chi connectivity index (χ2n) is 2.70. The summed E-state index contributed by atoms with van der Waals surface area (Å²) in [6.45, 7) is 0. The molecule has 0 fully saturated rings. The van der Waals surface area contributed by atoms with E-state index < -0.39 is 11.8 Å². The summed E-state index contributed by atoms with van der Waals surface area (Å²) in [6.07, 6.45) is 0. The fraction of sp³-hybridized carbons (Fsp3) is 0.111. The highest BCUT2D eigenvalue weighted by Gasteiger charge is 2.15. The molecule has 4 nitrogen and oxygen atoms in total. The highest BCUT2D eigenvalue weighted by Crippen LogP contribution is 2.16. The number of nitrogens with zero attached hydrogens (tertiary/aromatic N) is 1. The van der Waals surface area contributed by atoms with Gasteiger partial charge in [-0.25, -0.2) is 0 Å². The molecule has 1 aromatic rings. The summed E-state index contributed by atoms with van der Waals surface area (Å²) >= 11 is 5.66. The molecule has 0 radical (unpaired) electrons. The topological polar surface area (TPSA) is 63.4 Å². The Morgan fingerprint density at radius 3 is 2.21 bits per heavy atom. The van der Waals surface area contributed by atoms with Crippen LogP contribution in [0.15, 0.2) is 24.3 Å². The van der Waals surface area contributed by atoms with Crippen molar-refractivity contribution >= 4 is 29.1 Å². The second kappa shape index (κ2) is 4.11. The minimum absolute atomic E-state index is 0.564. The van der Waals surface area contributed by atoms with Crippen LogP contribution in [0.1, 0.15) is 0 Å². The maximum absolute atomic E-state index is 11.1. The number of carbonyl (C=O) groups excluding carboxylic acids is 2. The molecule has 1 aromatic carbocycles. The molecule has 0 aliphatic heterocycles. The smallest absolute Gasteiger partial charge is 0.315 e. The van der Waals surface area contributed by atoms with Crippen molar-refractivity contribution in [3.63, 3.8) is 0 Å². The van der Waals surface area contributed by atoms with Gasteiger partial charge in [0.05, 0.1) is 0 Å². The summed E-state index contributed by atoms with van der Waals surface area (Å²) in [5.41, 5.74) is 5.42. The van der Waals surface area contributed by atoms with E-state index in [1.165, 1.54) is 11.9 Å². The van der Waals surface area contributed by atoms with Crippen LogP contribution in [0.2, 0.25) is 5.02 Å². The molecule has 0 bridgehead atoms. The summed E-state index contributed by atoms with van der Waals surface area (Å²) in [6, 6.07) is 6.51. The van der Waals surface area contributed by atoms with Gasteiger partial charge in [-0.15, -0.1) is 0 Å². The van der Waals surface area contributed by atoms with Gasteiger partial charge >= 0.3 is 11.8 Å². The quantitative estimate of drug-likeness (QED) is 0.700. The van der Waals surface area contributed by atoms with Crippen LogP contribution in [0.25, 0.3) is 0 Å². The maximum Gasteiger partial charge on any atom is 0.315 e. The molecule has 0 aromatic heterocycles. The summed E-state index contributed by atoms with van der Waals surface area (Å²) in [5.74, 6) is -1.74. The zero-order valence-electron chi connectivity index (χ0n) is 7.53. The first kappa shape index (κ1) is 10.5. The van der Waals surface area contributed by atoms with Crippen LogP contribution in [0.5, 0.6) is 0 Å². The highest BCUT2D eigenvalue weighted by atomic mass is 35.5. The molecule has 5 heteroatoms. The van der Waals surface area contributed by atoms with Crippen molar-refractivity contribution in [2.45, 2.75) is 0 Å². The lowest BCUT2D eigenvalue weighted by molar-refractivity contribution is -0.135. The Kier molecular flexibility index (Phi) is 3.09. The van der Waals surface area contributed by atoms with Crippen molar-refractivity contribution in [1.82, 2.24) is 0 Å². The molecule has 0 spiro atoms. The van der Waals surface area contributed by atoms with Gasteiger partial charge in [-0.05, 0) is 24.3 Å². The van der Waals surface area contributed by atoms with Crippen LogP contribution in [0, 0.1) is 0 Å². The molecular weight excluding hydrogens is 204 g/mol. The molecule has 0 heterocycles. The molecule has 74 valence electrons. The first-order valence-corrected chi connectivity index (χ1v) is 4.23. The van der Waals surface area contributed by atoms with E-state index in [-0.39, 0.29) is 0 Å². The van der Waals surface area contributed by atoms with Gasteiger partial charge in [0.1, 0.15) is 0 Å². The monoisotopic (exact) mass is 212 g/mol. The van der Waals surface area contributed by atoms with Crippen LogP contribution >= 0.6 is 11.6 Å². The van der Waals surface area contributed by atoms with Crippen LogP contribution in [0.4, 0.5) is 5.69 Å². The Morgan fingerprint density at radius 1 is 1.29 bits per heavy atom. The van der Waals surface area contributed by atoms with Crippen LogP contribution < -0.4 is 10.6 Å². The number of amides is 2. The number of anilines is 1. The van der Waals surface area contributed by atoms with Crippen LogP contribution in [-0.2, 0) is 9.59 Å². The van der Waals surface area contributed by atoms with Crippen LogP contribution in [0.3, 0.4) is 0 Å². The number of hydrogen-bond donors (Lipinski definition) is 1. The van der Waals surface area contributed by atoms with E-state index in [2.05, 4.69) is 0 Å². The number of rotatable bonds is 1. The largest absolute Gasteiger partial charge is 0.361 e. The summed E-state index contributed by atoms with van der Waals surface area (Å²) in [5, 5.41) is 0.564. The first-order chi connectivity index (χ1) is 6.52. The molecule has 0 unspecified atom stereocenters. The fourth-order valence-corrected chi connectivity index (χ4v) is 1.07. The Bertz CT molecular complexity index is 362. The molecule has 1 rings (SSSR count). The van der Waals surface area contributed by atoms with Crippen molar-refractivity contribution in [3.05, 3.63) is 29.3 Å². The van der Waals surface area contributed by atoms with Crippen molar-refractivity contribution in [2.75, 3.05) is 11.9 Å². The van der Waals surface area contributed by atoms with E-state index in [0.717, 1.165) is 0 Å². The predicted molar refractivity (Wildman–Crippen MR) is 54.1 cm³/mol. The molecule has 14 heavy (non-hydrogen) atoms. The summed E-state index contributed by atoms with van der Waals surface area (Å²) in [7, 11) is 1.47. The van der Waals surface area contributed by atoms with Crippen LogP contribution in [-0.4, -0.2) is 18.9 Å². The molecule has 0 atom stereocenters. The average molecular weight is 213 g/mol. The molecule has 2 N–H and O–H groups in total. The lowest BCUT2D eigenvalue weighted by atomic mass is 10.3. The third-order valence-electron chi connectivity index (χ3n) is 1.73. The highest BCUT2D eigenvalue weighted by molar-refractivity contribution is 6.39. The van der Waals surface area contributed by atoms with Gasteiger partial charge in [-0.3, -0.25) is 9.59 Å². The molecule has 0 aliphatic carbocycles. The minimum Gasteiger partial charge on any atom is -0.361 e. The number of primary amides is 1. The first-order valence-electron chi connectivity index (χ1n) is 3.85. The third kappa shape index (κ3) is 2.23. The SMILES string of the molecule is CN(C(=O)C(N)=O)c1ccc(Cl)cc1. The van der Waals surface area contributed by atoms with E-state index in [4.69, 9.17) is 17.3 Å². The predicted octanol–water partition coefficient (Wildman–Crippen LogP) is 0.788. The van der Waals surface area contributed by atoms with Gasteiger partial charge in [-0.1, -0.05) is 11.6 Å². The third-order valence-corrected chi connectivity index (χ3v) is 1.98. The van der Waals surface area contributed by atoms with Crippen molar-refractivity contribution in [3.8, 4) is 0 Å². The molecular formula is C9H9ClN2O2. The Labute approximate surface area is 86.3 Å². The number of nitrogens with two attached hydrogens (primary N) is 1. The Balaban J connectivity index is 2.89. The van der Waals surface area contributed by atoms with Crippen molar-refractivity contribution in [2.24, 2.45) is 5.73 Å².